The molecule has 0 bridgehead atoms. The zero-order valence-electron chi connectivity index (χ0n) is 10.3. The van der Waals surface area contributed by atoms with E-state index < -0.39 is 0 Å². The van der Waals surface area contributed by atoms with Crippen LogP contribution in [0.1, 0.15) is 30.1 Å². The minimum Gasteiger partial charge on any atom is -0.508 e. The number of hydrogen-bond acceptors (Lipinski definition) is 2. The van der Waals surface area contributed by atoms with Crippen molar-refractivity contribution in [2.45, 2.75) is 19.8 Å². The molecule has 0 aromatic heterocycles. The van der Waals surface area contributed by atoms with Gasteiger partial charge in [-0.25, -0.2) is 0 Å². The second kappa shape index (κ2) is 7.64. The van der Waals surface area contributed by atoms with Gasteiger partial charge in [0.1, 0.15) is 5.75 Å². The number of aromatic hydroxyl groups is 1. The number of alkyl halides is 1. The van der Waals surface area contributed by atoms with Crippen LogP contribution in [0.4, 0.5) is 0 Å². The topological polar surface area (TPSA) is 40.5 Å². The number of hydrogen-bond donors (Lipinski definition) is 1. The van der Waals surface area contributed by atoms with Crippen LogP contribution in [0, 0.1) is 0 Å². The molecule has 1 N–H and O–H groups in total. The van der Waals surface area contributed by atoms with Crippen molar-refractivity contribution in [2.75, 3.05) is 18.4 Å². The predicted octanol–water partition coefficient (Wildman–Crippen LogP) is 3.68. The normalized spacial score (nSPS) is 10.4. The Morgan fingerprint density at radius 1 is 1.44 bits per heavy atom. The molecule has 1 amide bonds. The number of phenolic OH excluding ortho intramolecular Hbond substituents is 1. The number of carbonyl (C=O) groups excluding carboxylic acids is 1. The number of benzene rings is 1. The molecular formula is C13H17BrClNO2. The number of unbranched alkanes of at least 4 members (excludes halogenated alkanes) is 1. The van der Waals surface area contributed by atoms with E-state index in [0.717, 1.165) is 18.2 Å². The molecule has 0 saturated heterocycles. The number of halogens is 2. The average Bonchev–Trinajstić information content (AvgIpc) is 2.36. The Balaban J connectivity index is 2.90. The van der Waals surface area contributed by atoms with Crippen LogP contribution >= 0.6 is 27.5 Å². The summed E-state index contributed by atoms with van der Waals surface area (Å²) in [5.74, 6) is -0.0826. The fraction of sp³-hybridized carbons (Fsp3) is 0.462. The van der Waals surface area contributed by atoms with Crippen molar-refractivity contribution in [3.05, 3.63) is 28.8 Å². The maximum absolute atomic E-state index is 12.3. The van der Waals surface area contributed by atoms with E-state index in [9.17, 15) is 9.90 Å². The summed E-state index contributed by atoms with van der Waals surface area (Å²) >= 11 is 9.34. The largest absolute Gasteiger partial charge is 0.508 e. The van der Waals surface area contributed by atoms with Gasteiger partial charge in [-0.2, -0.15) is 0 Å². The molecule has 0 heterocycles. The second-order valence-corrected chi connectivity index (χ2v) is 5.20. The maximum atomic E-state index is 12.3. The number of carbonyl (C=O) groups is 1. The van der Waals surface area contributed by atoms with Gasteiger partial charge in [0.25, 0.3) is 5.91 Å². The lowest BCUT2D eigenvalue weighted by molar-refractivity contribution is 0.0764. The van der Waals surface area contributed by atoms with Gasteiger partial charge in [-0.3, -0.25) is 4.79 Å². The third-order valence-electron chi connectivity index (χ3n) is 2.60. The molecular weight excluding hydrogens is 318 g/mol. The summed E-state index contributed by atoms with van der Waals surface area (Å²) < 4.78 is 0. The van der Waals surface area contributed by atoms with Gasteiger partial charge in [-0.05, 0) is 24.6 Å². The molecule has 0 aliphatic heterocycles. The first kappa shape index (κ1) is 15.3. The molecule has 1 aromatic carbocycles. The summed E-state index contributed by atoms with van der Waals surface area (Å²) in [6.07, 6.45) is 1.98. The summed E-state index contributed by atoms with van der Waals surface area (Å²) in [5.41, 5.74) is 0.355. The quantitative estimate of drug-likeness (QED) is 0.806. The van der Waals surface area contributed by atoms with Gasteiger partial charge < -0.3 is 10.0 Å². The zero-order valence-corrected chi connectivity index (χ0v) is 12.7. The van der Waals surface area contributed by atoms with Gasteiger partial charge in [0.15, 0.2) is 0 Å². The van der Waals surface area contributed by atoms with Crippen LogP contribution in [0.3, 0.4) is 0 Å². The lowest BCUT2D eigenvalue weighted by Crippen LogP contribution is -2.33. The van der Waals surface area contributed by atoms with Crippen LogP contribution in [0.5, 0.6) is 5.75 Å². The minimum absolute atomic E-state index is 0.0528. The van der Waals surface area contributed by atoms with E-state index in [4.69, 9.17) is 11.6 Å². The molecule has 3 nitrogen and oxygen atoms in total. The molecule has 0 saturated carbocycles. The van der Waals surface area contributed by atoms with Crippen molar-refractivity contribution in [1.29, 1.82) is 0 Å². The van der Waals surface area contributed by atoms with E-state index in [1.165, 1.54) is 18.2 Å². The van der Waals surface area contributed by atoms with Gasteiger partial charge in [0.2, 0.25) is 0 Å². The lowest BCUT2D eigenvalue weighted by Gasteiger charge is -2.22. The summed E-state index contributed by atoms with van der Waals surface area (Å²) in [6.45, 7) is 3.41. The molecule has 100 valence electrons. The fourth-order valence-corrected chi connectivity index (χ4v) is 2.24. The molecule has 0 fully saturated rings. The number of amides is 1. The van der Waals surface area contributed by atoms with Gasteiger partial charge >= 0.3 is 0 Å². The average molecular weight is 335 g/mol. The van der Waals surface area contributed by atoms with Crippen molar-refractivity contribution >= 4 is 33.4 Å². The summed E-state index contributed by atoms with van der Waals surface area (Å²) in [5, 5.41) is 10.5. The zero-order chi connectivity index (χ0) is 13.5. The monoisotopic (exact) mass is 333 g/mol. The molecule has 0 atom stereocenters. The molecule has 0 aliphatic carbocycles. The van der Waals surface area contributed by atoms with Crippen molar-refractivity contribution in [3.8, 4) is 5.75 Å². The number of nitrogens with zero attached hydrogens (tertiary/aromatic N) is 1. The number of phenols is 1. The molecule has 5 heteroatoms. The summed E-state index contributed by atoms with van der Waals surface area (Å²) in [4.78, 5) is 14.1. The Kier molecular flexibility index (Phi) is 6.50. The Bertz CT molecular complexity index is 412. The predicted molar refractivity (Wildman–Crippen MR) is 77.7 cm³/mol. The van der Waals surface area contributed by atoms with Gasteiger partial charge in [-0.15, -0.1) is 0 Å². The van der Waals surface area contributed by atoms with Crippen LogP contribution < -0.4 is 0 Å². The lowest BCUT2D eigenvalue weighted by atomic mass is 10.1. The highest BCUT2D eigenvalue weighted by atomic mass is 79.9. The van der Waals surface area contributed by atoms with Gasteiger partial charge in [0.05, 0.1) is 10.6 Å². The van der Waals surface area contributed by atoms with E-state index in [1.54, 1.807) is 4.90 Å². The number of rotatable bonds is 6. The van der Waals surface area contributed by atoms with Crippen molar-refractivity contribution in [2.24, 2.45) is 0 Å². The Morgan fingerprint density at radius 3 is 2.78 bits per heavy atom. The highest BCUT2D eigenvalue weighted by Gasteiger charge is 2.18. The Labute approximate surface area is 121 Å². The highest BCUT2D eigenvalue weighted by Crippen LogP contribution is 2.22. The van der Waals surface area contributed by atoms with E-state index >= 15 is 0 Å². The molecule has 0 aliphatic rings. The van der Waals surface area contributed by atoms with Crippen LogP contribution in [0.2, 0.25) is 5.02 Å². The van der Waals surface area contributed by atoms with E-state index in [-0.39, 0.29) is 11.7 Å². The molecule has 1 aromatic rings. The van der Waals surface area contributed by atoms with E-state index in [1.807, 2.05) is 0 Å². The summed E-state index contributed by atoms with van der Waals surface area (Å²) in [6, 6.07) is 4.42. The van der Waals surface area contributed by atoms with Crippen molar-refractivity contribution in [1.82, 2.24) is 4.90 Å². The van der Waals surface area contributed by atoms with E-state index in [2.05, 4.69) is 22.9 Å². The van der Waals surface area contributed by atoms with Gasteiger partial charge in [-0.1, -0.05) is 40.9 Å². The molecule has 1 rings (SSSR count). The van der Waals surface area contributed by atoms with E-state index in [0.29, 0.717) is 23.7 Å². The van der Waals surface area contributed by atoms with Crippen LogP contribution in [0.25, 0.3) is 0 Å². The van der Waals surface area contributed by atoms with Crippen molar-refractivity contribution in [3.63, 3.8) is 0 Å². The second-order valence-electron chi connectivity index (χ2n) is 4.00. The van der Waals surface area contributed by atoms with Crippen molar-refractivity contribution < 1.29 is 9.90 Å². The first-order valence-electron chi connectivity index (χ1n) is 5.94. The fourth-order valence-electron chi connectivity index (χ4n) is 1.61. The molecule has 18 heavy (non-hydrogen) atoms. The standard InChI is InChI=1S/C13H17BrClNO2/c1-2-3-7-16(8-6-14)13(18)11-9-10(17)4-5-12(11)15/h4-5,9,17H,2-3,6-8H2,1H3. The first-order valence-corrected chi connectivity index (χ1v) is 7.43. The molecule has 0 spiro atoms. The first-order chi connectivity index (χ1) is 8.60. The van der Waals surface area contributed by atoms with Crippen LogP contribution in [0.15, 0.2) is 18.2 Å². The van der Waals surface area contributed by atoms with Crippen LogP contribution in [-0.2, 0) is 0 Å². The van der Waals surface area contributed by atoms with Gasteiger partial charge in [0, 0.05) is 18.4 Å². The third kappa shape index (κ3) is 4.18. The van der Waals surface area contributed by atoms with Crippen LogP contribution in [-0.4, -0.2) is 34.3 Å². The molecule has 0 radical (unpaired) electrons. The summed E-state index contributed by atoms with van der Waals surface area (Å²) in [7, 11) is 0. The highest BCUT2D eigenvalue weighted by molar-refractivity contribution is 9.09. The minimum atomic E-state index is -0.135. The smallest absolute Gasteiger partial charge is 0.255 e. The molecule has 0 unspecified atom stereocenters. The third-order valence-corrected chi connectivity index (χ3v) is 3.29. The maximum Gasteiger partial charge on any atom is 0.255 e. The SMILES string of the molecule is CCCCN(CCBr)C(=O)c1cc(O)ccc1Cl. The Hall–Kier alpha value is -0.740. The Morgan fingerprint density at radius 2 is 2.17 bits per heavy atom.